The topological polar surface area (TPSA) is 376 Å². The standard InChI is InChI=1S/C38H54ClN3O7.C27H38ClN3O6.C22H30ClN3O4.C18H33NO5.3CH4.B6.ClH/c1-11-12-13-14-23-18-29(23)47-31(43)20-26(37(4,5)6)35(44)42-21-30(25(17-22(2)3)32(42)36(45)49-38(7,8)9)48-34-33(39)40-27-16-15-24(46-10)19-28(27)41-34;1-15(2)12-17-20(35-23-22(28)29-18-11-10-16(34-9)13-19(18)30-23)14-31(25(33)37-27(6,7)8)21(17)24(32)36-26(3,4)5;1-12(2)9-14-17(11-24-18(14)21(27)30-22(3,4)5)29-20-19(23)25-15-8-7-13(28-6)10-16(15)26-20;1-11(2)9-12-13(20)10-19(16(22)24-18(6,7)8)14(12)15(21)23-17(3,4)5;;;;1-5(2)6(3)4;/h11,15-16,19,22-23,25-26,29-30,32H,1,12-14,17-18,20-21H2,2-10H3;10-11,13,15,17,20-21H,12,14H2,1-9H3;7-8,10,12,14,17-18,24H,9,11H2,1-6H3;11-14,20H,9-10H2,1-8H3;3*1H4;;1H/t23-,25-,26-,29-,30+,32+;17-,20+,21+;14-,17+,18+;12-,13+,14+;;;;;/m1111...../s1. The second-order valence-electron chi connectivity index (χ2n) is 46.9. The number of allylic oxidation sites excluding steroid dienone is 1. The summed E-state index contributed by atoms with van der Waals surface area (Å²) in [6.07, 6.45) is 3.35. The fourth-order valence-electron chi connectivity index (χ4n) is 17.5. The third-order valence-corrected chi connectivity index (χ3v) is 24.6. The molecular formula is C108H168B6Cl4N10O22. The predicted octanol–water partition coefficient (Wildman–Crippen LogP) is 20.3. The lowest BCUT2D eigenvalue weighted by atomic mass is 8.81. The Labute approximate surface area is 920 Å². The third kappa shape index (κ3) is 41.7. The molecule has 3 aromatic carbocycles. The molecule has 828 valence electrons. The molecule has 6 aromatic rings. The lowest BCUT2D eigenvalue weighted by Gasteiger charge is -2.36. The van der Waals surface area contributed by atoms with E-state index in [2.05, 4.69) is 83.3 Å². The van der Waals surface area contributed by atoms with Crippen LogP contribution in [0.1, 0.15) is 281 Å². The van der Waals surface area contributed by atoms with E-state index in [1.807, 2.05) is 61.5 Å². The van der Waals surface area contributed by atoms with Crippen LogP contribution in [-0.2, 0) is 61.9 Å². The molecule has 2 N–H and O–H groups in total. The number of esters is 5. The number of carbonyl (C=O) groups is 8. The minimum absolute atomic E-state index is 0. The summed E-state index contributed by atoms with van der Waals surface area (Å²) in [5, 5.41) is 14.0. The number of aromatic nitrogens is 6. The summed E-state index contributed by atoms with van der Waals surface area (Å²) in [7, 11) is 24.6. The number of methoxy groups -OCH3 is 3. The van der Waals surface area contributed by atoms with E-state index in [1.54, 1.807) is 185 Å². The first kappa shape index (κ1) is 135. The van der Waals surface area contributed by atoms with E-state index >= 15 is 0 Å². The van der Waals surface area contributed by atoms with Crippen LogP contribution in [0.2, 0.25) is 15.5 Å². The molecule has 8 radical (unpaired) electrons. The number of nitrogens with one attached hydrogen (secondary N) is 1. The van der Waals surface area contributed by atoms with Crippen molar-refractivity contribution in [2.75, 3.05) is 47.5 Å². The Morgan fingerprint density at radius 1 is 0.447 bits per heavy atom. The van der Waals surface area contributed by atoms with Gasteiger partial charge in [0.15, 0.2) is 15.5 Å². The predicted molar refractivity (Wildman–Crippen MR) is 600 cm³/mol. The van der Waals surface area contributed by atoms with Crippen molar-refractivity contribution in [2.45, 2.75) is 369 Å². The molecule has 3 amide bonds. The average molecular weight is 2170 g/mol. The fourth-order valence-corrected chi connectivity index (χ4v) is 18.1. The Morgan fingerprint density at radius 3 is 1.10 bits per heavy atom. The normalized spacial score (nSPS) is 21.2. The van der Waals surface area contributed by atoms with Crippen LogP contribution in [0.25, 0.3) is 33.1 Å². The van der Waals surface area contributed by atoms with Crippen molar-refractivity contribution in [3.05, 3.63) is 82.7 Å². The number of hydrogen-bond acceptors (Lipinski definition) is 29. The zero-order valence-corrected chi connectivity index (χ0v) is 95.3. The maximum Gasteiger partial charge on any atom is 0.411 e. The largest absolute Gasteiger partial charge is 0.497 e. The Balaban J connectivity index is 0.000000514. The van der Waals surface area contributed by atoms with Crippen LogP contribution in [0.4, 0.5) is 9.59 Å². The minimum Gasteiger partial charge on any atom is -0.497 e. The number of likely N-dealkylation sites (tertiary alicyclic amines) is 3. The Morgan fingerprint density at radius 2 is 0.767 bits per heavy atom. The monoisotopic (exact) mass is 2160 g/mol. The molecule has 150 heavy (non-hydrogen) atoms. The van der Waals surface area contributed by atoms with Crippen LogP contribution in [0.15, 0.2) is 67.3 Å². The van der Waals surface area contributed by atoms with Crippen LogP contribution in [0.5, 0.6) is 34.9 Å². The Kier molecular flexibility index (Phi) is 51.8. The van der Waals surface area contributed by atoms with Gasteiger partial charge in [-0.25, -0.2) is 53.9 Å². The molecule has 5 fully saturated rings. The van der Waals surface area contributed by atoms with E-state index in [4.69, 9.17) is 127 Å². The third-order valence-electron chi connectivity index (χ3n) is 23.8. The smallest absolute Gasteiger partial charge is 0.411 e. The lowest BCUT2D eigenvalue weighted by molar-refractivity contribution is -0.167. The summed E-state index contributed by atoms with van der Waals surface area (Å²) in [5.74, 6) is -0.761. The van der Waals surface area contributed by atoms with Crippen molar-refractivity contribution in [1.29, 1.82) is 0 Å². The second kappa shape index (κ2) is 57.5. The number of aliphatic hydroxyl groups excluding tert-OH is 1. The number of halogens is 4. The van der Waals surface area contributed by atoms with Crippen molar-refractivity contribution in [3.63, 3.8) is 0 Å². The zero-order chi connectivity index (χ0) is 110. The number of β-amino-alcohol motifs (C(OH)–C–C–N with tert-alkyl or cyclic N) is 1. The lowest BCUT2D eigenvalue weighted by Crippen LogP contribution is -2.50. The number of amides is 3. The summed E-state index contributed by atoms with van der Waals surface area (Å²) >= 11 is 19.4. The van der Waals surface area contributed by atoms with Gasteiger partial charge in [0.1, 0.15) is 99.4 Å². The van der Waals surface area contributed by atoms with Gasteiger partial charge in [-0.15, -0.1) is 19.0 Å². The first-order valence-electron chi connectivity index (χ1n) is 50.4. The number of carbonyl (C=O) groups excluding carboxylic acids is 8. The van der Waals surface area contributed by atoms with Crippen LogP contribution in [0.3, 0.4) is 0 Å². The maximum absolute atomic E-state index is 14.7. The molecule has 5 aliphatic rings. The van der Waals surface area contributed by atoms with E-state index in [0.717, 1.165) is 32.1 Å². The molecule has 15 atom stereocenters. The van der Waals surface area contributed by atoms with Gasteiger partial charge >= 0.3 is 42.0 Å². The molecular weight excluding hydrogens is 2000 g/mol. The number of unbranched alkanes of at least 4 members (excludes halogenated alkanes) is 1. The maximum atomic E-state index is 14.7. The number of aliphatic hydroxyl groups is 1. The van der Waals surface area contributed by atoms with Crippen molar-refractivity contribution < 1.29 is 105 Å². The Hall–Kier alpha value is -8.95. The summed E-state index contributed by atoms with van der Waals surface area (Å²) in [6.45, 7) is 59.2. The quantitative estimate of drug-likeness (QED) is 0.0139. The van der Waals surface area contributed by atoms with Gasteiger partial charge in [0.05, 0.1) is 92.5 Å². The molecule has 3 aromatic heterocycles. The SMILES string of the molecule is C.C.C.C=CCCC[C@@H]1C[C@H]1OC(=O)C[C@H](C(=O)N1C[C@H](Oc2nc3cc(OC)ccc3nc2Cl)[C@@H](CC(C)C)[C@H]1C(=O)OC(C)(C)C)C(C)(C)C.CC(C)C[C@H]1[C@@H](C(=O)OC(C)(C)C)N(C(=O)OC(C)(C)C)C[C@@H]1O.COc1ccc2nc(Cl)c(O[C@H]3CN(C(=O)OC(C)(C)C)[C@H](C(=O)OC(C)(C)C)[C@@H]3CC(C)C)nc2c1.COc1ccc2nc(Cl)c(O[C@H]3CN[C@H](C(=O)OC(C)(C)C)[C@@H]3CC(C)C)nc2c1.Cl.[B]B([B])B([B])[B]. The summed E-state index contributed by atoms with van der Waals surface area (Å²) in [4.78, 5) is 138. The van der Waals surface area contributed by atoms with Crippen molar-refractivity contribution in [2.24, 2.45) is 64.6 Å². The van der Waals surface area contributed by atoms with E-state index in [1.165, 1.54) is 9.80 Å². The highest BCUT2D eigenvalue weighted by molar-refractivity contribution is 7.76. The van der Waals surface area contributed by atoms with Gasteiger partial charge in [0.2, 0.25) is 5.91 Å². The van der Waals surface area contributed by atoms with Crippen LogP contribution >= 0.6 is 47.2 Å². The molecule has 32 nitrogen and oxygen atoms in total. The number of rotatable bonds is 30. The van der Waals surface area contributed by atoms with E-state index in [-0.39, 0.29) is 153 Å². The zero-order valence-electron chi connectivity index (χ0n) is 92.2. The van der Waals surface area contributed by atoms with Crippen molar-refractivity contribution in [1.82, 2.24) is 49.9 Å². The first-order chi connectivity index (χ1) is 67.4. The summed E-state index contributed by atoms with van der Waals surface area (Å²) in [6, 6.07) is 12.8. The van der Waals surface area contributed by atoms with Gasteiger partial charge < -0.3 is 76.9 Å². The molecule has 0 unspecified atom stereocenters. The van der Waals surface area contributed by atoms with Gasteiger partial charge in [-0.3, -0.25) is 24.2 Å². The van der Waals surface area contributed by atoms with Crippen LogP contribution in [0, 0.1) is 64.6 Å². The van der Waals surface area contributed by atoms with Crippen molar-refractivity contribution in [3.8, 4) is 34.9 Å². The van der Waals surface area contributed by atoms with Crippen LogP contribution in [-0.4, -0.2) is 277 Å². The molecule has 11 rings (SSSR count). The van der Waals surface area contributed by atoms with E-state index < -0.39 is 142 Å². The van der Waals surface area contributed by atoms with E-state index in [9.17, 15) is 43.5 Å². The summed E-state index contributed by atoms with van der Waals surface area (Å²) < 4.78 is 74.6. The Bertz CT molecular complexity index is 5410. The summed E-state index contributed by atoms with van der Waals surface area (Å²) in [5.41, 5.74) is -1.24. The minimum atomic E-state index is -0.954. The van der Waals surface area contributed by atoms with Gasteiger partial charge in [-0.2, -0.15) is 0 Å². The molecule has 0 spiro atoms. The molecule has 1 aliphatic carbocycles. The molecule has 1 saturated carbocycles. The highest BCUT2D eigenvalue weighted by Crippen LogP contribution is 2.45. The number of ether oxygens (including phenoxy) is 13. The number of fused-ring (bicyclic) bond motifs is 3. The highest BCUT2D eigenvalue weighted by Gasteiger charge is 2.57. The van der Waals surface area contributed by atoms with Crippen LogP contribution < -0.4 is 33.7 Å². The second-order valence-corrected chi connectivity index (χ2v) is 47.9. The molecule has 4 saturated heterocycles. The molecule has 42 heteroatoms. The van der Waals surface area contributed by atoms with Gasteiger partial charge in [-0.1, -0.05) is 139 Å². The van der Waals surface area contributed by atoms with Gasteiger partial charge in [-0.05, 0) is 247 Å². The number of nitrogens with zero attached hydrogens (tertiary/aromatic N) is 9. The van der Waals surface area contributed by atoms with Gasteiger partial charge in [0, 0.05) is 92.1 Å². The highest BCUT2D eigenvalue weighted by atomic mass is 35.5. The fraction of sp³-hybridized carbons (Fsp3) is 0.685. The number of hydrogen-bond donors (Lipinski definition) is 2. The van der Waals surface area contributed by atoms with E-state index in [0.29, 0.717) is 88.0 Å². The molecule has 7 heterocycles. The molecule has 4 aliphatic heterocycles. The first-order valence-corrected chi connectivity index (χ1v) is 51.5. The molecule has 0 bridgehead atoms. The van der Waals surface area contributed by atoms with Crippen molar-refractivity contribution >= 4 is 172 Å². The number of benzene rings is 3. The van der Waals surface area contributed by atoms with Gasteiger partial charge in [0.25, 0.3) is 17.6 Å². The average Bonchev–Trinajstić information content (AvgIpc) is 1.62.